The zero-order valence-electron chi connectivity index (χ0n) is 23.1. The van der Waals surface area contributed by atoms with Gasteiger partial charge in [0.25, 0.3) is 17.7 Å². The fourth-order valence-corrected chi connectivity index (χ4v) is 4.81. The minimum atomic E-state index is -0.760. The molecular formula is C31H29ClN4O6. The Balaban J connectivity index is 1.46. The molecule has 0 atom stereocenters. The fraction of sp³-hybridized carbons (Fsp3) is 0.226. The van der Waals surface area contributed by atoms with Crippen LogP contribution >= 0.6 is 11.6 Å². The Morgan fingerprint density at radius 1 is 0.881 bits per heavy atom. The van der Waals surface area contributed by atoms with E-state index in [2.05, 4.69) is 5.32 Å². The Kier molecular flexibility index (Phi) is 8.44. The summed E-state index contributed by atoms with van der Waals surface area (Å²) in [6.07, 6.45) is -0.0436. The number of aromatic nitrogens is 2. The normalized spacial score (nSPS) is 12.5. The summed E-state index contributed by atoms with van der Waals surface area (Å²) in [5.41, 5.74) is 0.535. The molecule has 1 aliphatic heterocycles. The summed E-state index contributed by atoms with van der Waals surface area (Å²) >= 11 is 5.92. The topological polar surface area (TPSA) is 112 Å². The molecule has 216 valence electrons. The van der Waals surface area contributed by atoms with Gasteiger partial charge in [0.2, 0.25) is 0 Å². The van der Waals surface area contributed by atoms with Crippen molar-refractivity contribution in [3.63, 3.8) is 0 Å². The Labute approximate surface area is 247 Å². The molecule has 0 spiro atoms. The van der Waals surface area contributed by atoms with E-state index >= 15 is 0 Å². The molecule has 10 nitrogen and oxygen atoms in total. The van der Waals surface area contributed by atoms with Gasteiger partial charge in [0.15, 0.2) is 6.61 Å². The molecule has 2 heterocycles. The first-order valence-electron chi connectivity index (χ1n) is 13.4. The molecule has 11 heteroatoms. The van der Waals surface area contributed by atoms with Crippen LogP contribution in [-0.2, 0) is 17.9 Å². The van der Waals surface area contributed by atoms with Crippen molar-refractivity contribution in [2.45, 2.75) is 33.0 Å². The van der Waals surface area contributed by atoms with Crippen molar-refractivity contribution < 1.29 is 23.9 Å². The molecule has 4 aromatic rings. The second-order valence-electron chi connectivity index (χ2n) is 9.93. The monoisotopic (exact) mass is 588 g/mol. The van der Waals surface area contributed by atoms with Gasteiger partial charge < -0.3 is 14.4 Å². The number of nitrogens with zero attached hydrogens (tertiary/aromatic N) is 3. The zero-order valence-corrected chi connectivity index (χ0v) is 23.8. The van der Waals surface area contributed by atoms with Gasteiger partial charge in [-0.15, -0.1) is 0 Å². The van der Waals surface area contributed by atoms with E-state index in [9.17, 15) is 19.2 Å². The van der Waals surface area contributed by atoms with Gasteiger partial charge in [0, 0.05) is 23.7 Å². The van der Waals surface area contributed by atoms with Crippen molar-refractivity contribution in [1.82, 2.24) is 19.4 Å². The second kappa shape index (κ2) is 12.4. The van der Waals surface area contributed by atoms with Crippen molar-refractivity contribution in [3.8, 4) is 17.2 Å². The standard InChI is InChI=1S/C31H29ClN4O6/c1-20(2)42-25-14-10-23(11-15-25)36-28(30(39)33-29(38)21-6-4-3-5-7-21)26-18-34(16-17-35(26)31(36)40)27(37)19-41-24-12-8-22(32)9-13-24/h3-15,20H,16-19H2,1-2H3,(H,33,38,39). The number of nitrogens with one attached hydrogen (secondary N) is 1. The summed E-state index contributed by atoms with van der Waals surface area (Å²) in [7, 11) is 0. The van der Waals surface area contributed by atoms with Crippen LogP contribution in [0.5, 0.6) is 11.5 Å². The summed E-state index contributed by atoms with van der Waals surface area (Å²) in [6, 6.07) is 21.7. The molecule has 3 aromatic carbocycles. The van der Waals surface area contributed by atoms with Crippen LogP contribution in [0.2, 0.25) is 5.02 Å². The van der Waals surface area contributed by atoms with Gasteiger partial charge in [0.05, 0.1) is 24.0 Å². The maximum atomic E-state index is 13.7. The number of benzene rings is 3. The minimum Gasteiger partial charge on any atom is -0.491 e. The molecule has 1 aliphatic rings. The molecule has 0 unspecified atom stereocenters. The van der Waals surface area contributed by atoms with E-state index in [4.69, 9.17) is 21.1 Å². The lowest BCUT2D eigenvalue weighted by Crippen LogP contribution is -2.43. The van der Waals surface area contributed by atoms with Crippen LogP contribution in [0.15, 0.2) is 83.7 Å². The van der Waals surface area contributed by atoms with Gasteiger partial charge in [-0.1, -0.05) is 29.8 Å². The second-order valence-corrected chi connectivity index (χ2v) is 10.4. The maximum Gasteiger partial charge on any atom is 0.333 e. The Morgan fingerprint density at radius 3 is 2.21 bits per heavy atom. The molecule has 0 radical (unpaired) electrons. The highest BCUT2D eigenvalue weighted by atomic mass is 35.5. The van der Waals surface area contributed by atoms with Crippen LogP contribution in [0.1, 0.15) is 40.4 Å². The molecule has 0 bridgehead atoms. The molecule has 0 fully saturated rings. The molecule has 0 saturated heterocycles. The number of carbonyl (C=O) groups excluding carboxylic acids is 3. The first-order chi connectivity index (χ1) is 20.2. The zero-order chi connectivity index (χ0) is 29.8. The highest BCUT2D eigenvalue weighted by molar-refractivity contribution is 6.30. The summed E-state index contributed by atoms with van der Waals surface area (Å²) < 4.78 is 14.1. The Hall–Kier alpha value is -4.83. The Morgan fingerprint density at radius 2 is 1.55 bits per heavy atom. The third-order valence-corrected chi connectivity index (χ3v) is 6.90. The third kappa shape index (κ3) is 6.23. The number of imide groups is 1. The summed E-state index contributed by atoms with van der Waals surface area (Å²) in [5, 5.41) is 2.95. The molecule has 0 aliphatic carbocycles. The summed E-state index contributed by atoms with van der Waals surface area (Å²) in [4.78, 5) is 54.8. The van der Waals surface area contributed by atoms with E-state index < -0.39 is 17.5 Å². The van der Waals surface area contributed by atoms with Crippen molar-refractivity contribution in [3.05, 3.63) is 111 Å². The van der Waals surface area contributed by atoms with Gasteiger partial charge >= 0.3 is 5.69 Å². The summed E-state index contributed by atoms with van der Waals surface area (Å²) in [6.45, 7) is 3.94. The van der Waals surface area contributed by atoms with E-state index in [1.807, 2.05) is 13.8 Å². The average Bonchev–Trinajstić information content (AvgIpc) is 3.28. The number of hydrogen-bond donors (Lipinski definition) is 1. The van der Waals surface area contributed by atoms with Crippen molar-refractivity contribution >= 4 is 29.3 Å². The Bertz CT molecular complexity index is 1660. The van der Waals surface area contributed by atoms with Crippen LogP contribution in [0.25, 0.3) is 5.69 Å². The average molecular weight is 589 g/mol. The van der Waals surface area contributed by atoms with Gasteiger partial charge in [0.1, 0.15) is 17.2 Å². The van der Waals surface area contributed by atoms with E-state index in [1.165, 1.54) is 14.0 Å². The molecule has 0 saturated carbocycles. The predicted octanol–water partition coefficient (Wildman–Crippen LogP) is 4.07. The van der Waals surface area contributed by atoms with Gasteiger partial charge in [-0.05, 0) is 74.5 Å². The van der Waals surface area contributed by atoms with Crippen LogP contribution < -0.4 is 20.5 Å². The van der Waals surface area contributed by atoms with E-state index in [0.29, 0.717) is 33.5 Å². The highest BCUT2D eigenvalue weighted by Gasteiger charge is 2.32. The lowest BCUT2D eigenvalue weighted by Gasteiger charge is -2.28. The molecule has 3 amide bonds. The minimum absolute atomic E-state index is 0.0259. The van der Waals surface area contributed by atoms with Crippen LogP contribution in [0.3, 0.4) is 0 Å². The first-order valence-corrected chi connectivity index (χ1v) is 13.8. The molecular weight excluding hydrogens is 560 g/mol. The van der Waals surface area contributed by atoms with Crippen molar-refractivity contribution in [2.75, 3.05) is 13.2 Å². The lowest BCUT2D eigenvalue weighted by molar-refractivity contribution is -0.134. The number of ether oxygens (including phenoxy) is 2. The number of hydrogen-bond acceptors (Lipinski definition) is 6. The molecule has 5 rings (SSSR count). The number of imidazole rings is 1. The fourth-order valence-electron chi connectivity index (χ4n) is 4.68. The first kappa shape index (κ1) is 28.7. The number of halogens is 1. The number of fused-ring (bicyclic) bond motifs is 1. The SMILES string of the molecule is CC(C)Oc1ccc(-n2c(C(=O)NC(=O)c3ccccc3)c3n(c2=O)CCN(C(=O)COc2ccc(Cl)cc2)C3)cc1. The highest BCUT2D eigenvalue weighted by Crippen LogP contribution is 2.23. The van der Waals surface area contributed by atoms with Crippen LogP contribution in [0.4, 0.5) is 0 Å². The quantitative estimate of drug-likeness (QED) is 0.311. The van der Waals surface area contributed by atoms with Crippen molar-refractivity contribution in [1.29, 1.82) is 0 Å². The molecule has 42 heavy (non-hydrogen) atoms. The van der Waals surface area contributed by atoms with Gasteiger partial charge in [-0.2, -0.15) is 0 Å². The van der Waals surface area contributed by atoms with Crippen LogP contribution in [0, 0.1) is 0 Å². The molecule has 1 aromatic heterocycles. The van der Waals surface area contributed by atoms with E-state index in [0.717, 1.165) is 0 Å². The maximum absolute atomic E-state index is 13.7. The number of amides is 3. The predicted molar refractivity (Wildman–Crippen MR) is 156 cm³/mol. The van der Waals surface area contributed by atoms with E-state index in [-0.39, 0.29) is 43.9 Å². The lowest BCUT2D eigenvalue weighted by atomic mass is 10.2. The van der Waals surface area contributed by atoms with E-state index in [1.54, 1.807) is 78.9 Å². The van der Waals surface area contributed by atoms with Gasteiger partial charge in [-0.25, -0.2) is 4.79 Å². The smallest absolute Gasteiger partial charge is 0.333 e. The van der Waals surface area contributed by atoms with Crippen LogP contribution in [-0.4, -0.2) is 51.0 Å². The van der Waals surface area contributed by atoms with Crippen molar-refractivity contribution in [2.24, 2.45) is 0 Å². The number of rotatable bonds is 8. The number of carbonyl (C=O) groups is 3. The third-order valence-electron chi connectivity index (χ3n) is 6.65. The largest absolute Gasteiger partial charge is 0.491 e. The molecule has 1 N–H and O–H groups in total. The van der Waals surface area contributed by atoms with Gasteiger partial charge in [-0.3, -0.25) is 28.8 Å². The summed E-state index contributed by atoms with van der Waals surface area (Å²) in [5.74, 6) is -0.603.